The monoisotopic (exact) mass is 144 g/mol. The van der Waals surface area contributed by atoms with Crippen LogP contribution in [-0.4, -0.2) is 6.56 Å². The summed E-state index contributed by atoms with van der Waals surface area (Å²) in [4.78, 5) is 0. The summed E-state index contributed by atoms with van der Waals surface area (Å²) in [5.74, 6) is 0. The van der Waals surface area contributed by atoms with Gasteiger partial charge in [-0.15, -0.1) is 0 Å². The van der Waals surface area contributed by atoms with Gasteiger partial charge >= 0.3 is 0 Å². The zero-order valence-corrected chi connectivity index (χ0v) is 8.05. The topological polar surface area (TPSA) is 0 Å². The summed E-state index contributed by atoms with van der Waals surface area (Å²) < 4.78 is 0. The van der Waals surface area contributed by atoms with Gasteiger partial charge in [0.15, 0.2) is 6.56 Å². The normalized spacial score (nSPS) is 13.6. The molecule has 0 unspecified atom stereocenters. The Balaban J connectivity index is 4.14. The highest BCUT2D eigenvalue weighted by Gasteiger charge is 2.31. The first-order valence-electron chi connectivity index (χ1n) is 3.42. The van der Waals surface area contributed by atoms with Crippen molar-refractivity contribution >= 4 is 19.0 Å². The van der Waals surface area contributed by atoms with Crippen LogP contribution in [0.3, 0.4) is 0 Å². The molecule has 0 aliphatic carbocycles. The van der Waals surface area contributed by atoms with Crippen molar-refractivity contribution in [3.05, 3.63) is 0 Å². The average molecular weight is 144 g/mol. The van der Waals surface area contributed by atoms with Gasteiger partial charge in [0.25, 0.3) is 0 Å². The Hall–Kier alpha value is 0.415. The highest BCUT2D eigenvalue weighted by atomic mass is 32.1. The maximum absolute atomic E-state index is 4.29. The summed E-state index contributed by atoms with van der Waals surface area (Å²) in [6.45, 7) is 12.2. The van der Waals surface area contributed by atoms with Crippen LogP contribution >= 0.6 is 12.5 Å². The van der Waals surface area contributed by atoms with Gasteiger partial charge in [0, 0.05) is 0 Å². The van der Waals surface area contributed by atoms with Crippen LogP contribution in [0.4, 0.5) is 0 Å². The fraction of sp³-hybridized carbons (Fsp3) is 1.00. The molecule has 54 valence electrons. The molecule has 0 bridgehead atoms. The second-order valence-electron chi connectivity index (χ2n) is 4.29. The molecule has 0 saturated carbocycles. The molecule has 9 heavy (non-hydrogen) atoms. The molecule has 0 aromatic heterocycles. The van der Waals surface area contributed by atoms with E-state index in [0.29, 0.717) is 10.7 Å². The quantitative estimate of drug-likeness (QED) is 0.424. The zero-order chi connectivity index (χ0) is 7.71. The van der Waals surface area contributed by atoms with Crippen LogP contribution in [0.1, 0.15) is 34.6 Å². The molecular weight excluding hydrogens is 127 g/mol. The fourth-order valence-corrected chi connectivity index (χ4v) is 0.712. The van der Waals surface area contributed by atoms with E-state index in [1.807, 2.05) is 0 Å². The van der Waals surface area contributed by atoms with Gasteiger partial charge in [0.05, 0.1) is 0 Å². The molecule has 0 aromatic carbocycles. The molecule has 0 spiro atoms. The Labute approximate surface area is 65.0 Å². The molecule has 0 aliphatic rings. The van der Waals surface area contributed by atoms with Crippen molar-refractivity contribution in [2.24, 2.45) is 5.41 Å². The van der Waals surface area contributed by atoms with E-state index < -0.39 is 0 Å². The maximum Gasteiger partial charge on any atom is 0.193 e. The molecule has 0 fully saturated rings. The molecular formula is C7H17BS. The first kappa shape index (κ1) is 9.41. The van der Waals surface area contributed by atoms with Gasteiger partial charge in [0.2, 0.25) is 0 Å². The second kappa shape index (κ2) is 2.57. The first-order valence-corrected chi connectivity index (χ1v) is 4.05. The van der Waals surface area contributed by atoms with E-state index in [1.54, 1.807) is 0 Å². The number of thiol groups is 1. The van der Waals surface area contributed by atoms with E-state index in [9.17, 15) is 0 Å². The molecule has 0 N–H and O–H groups in total. The number of rotatable bonds is 1. The summed E-state index contributed by atoms with van der Waals surface area (Å²) in [5, 5.41) is 0.343. The van der Waals surface area contributed by atoms with E-state index in [0.717, 1.165) is 6.56 Å². The lowest BCUT2D eigenvalue weighted by Gasteiger charge is -2.36. The third kappa shape index (κ3) is 2.25. The Morgan fingerprint density at radius 3 is 1.33 bits per heavy atom. The standard InChI is InChI=1S/C7H17BS/c1-6(2,3)7(4,5)8-9/h8-9H,1-5H3. The molecule has 2 heteroatoms. The van der Waals surface area contributed by atoms with Crippen molar-refractivity contribution < 1.29 is 0 Å². The summed E-state index contributed by atoms with van der Waals surface area (Å²) >= 11 is 4.29. The van der Waals surface area contributed by atoms with E-state index in [1.165, 1.54) is 0 Å². The lowest BCUT2D eigenvalue weighted by atomic mass is 9.56. The lowest BCUT2D eigenvalue weighted by Crippen LogP contribution is -2.26. The SMILES string of the molecule is CC(C)(C)C(C)(C)BS. The molecule has 0 aromatic rings. The van der Waals surface area contributed by atoms with E-state index in [-0.39, 0.29) is 0 Å². The molecule has 0 atom stereocenters. The van der Waals surface area contributed by atoms with Crippen molar-refractivity contribution in [3.8, 4) is 0 Å². The fourth-order valence-electron chi connectivity index (χ4n) is 0.237. The minimum atomic E-state index is 0.343. The number of hydrogen-bond acceptors (Lipinski definition) is 1. The van der Waals surface area contributed by atoms with Crippen molar-refractivity contribution in [1.29, 1.82) is 0 Å². The Morgan fingerprint density at radius 2 is 1.33 bits per heavy atom. The smallest absolute Gasteiger partial charge is 0.193 e. The molecule has 0 heterocycles. The Kier molecular flexibility index (Phi) is 2.69. The van der Waals surface area contributed by atoms with Gasteiger partial charge in [-0.05, 0) is 10.7 Å². The highest BCUT2D eigenvalue weighted by molar-refractivity contribution is 8.07. The zero-order valence-electron chi connectivity index (χ0n) is 7.15. The van der Waals surface area contributed by atoms with Crippen molar-refractivity contribution in [2.45, 2.75) is 39.9 Å². The van der Waals surface area contributed by atoms with Gasteiger partial charge in [-0.2, -0.15) is 0 Å². The van der Waals surface area contributed by atoms with E-state index >= 15 is 0 Å². The van der Waals surface area contributed by atoms with Crippen LogP contribution in [-0.2, 0) is 0 Å². The van der Waals surface area contributed by atoms with Gasteiger partial charge in [-0.3, -0.25) is 0 Å². The van der Waals surface area contributed by atoms with Gasteiger partial charge in [0.1, 0.15) is 0 Å². The molecule has 0 radical (unpaired) electrons. The van der Waals surface area contributed by atoms with Crippen LogP contribution in [0, 0.1) is 5.41 Å². The average Bonchev–Trinajstić information content (AvgIpc) is 1.64. The van der Waals surface area contributed by atoms with Crippen LogP contribution in [0.5, 0.6) is 0 Å². The molecule has 0 nitrogen and oxygen atoms in total. The highest BCUT2D eigenvalue weighted by Crippen LogP contribution is 2.43. The minimum absolute atomic E-state index is 0.343. The molecule has 0 amide bonds. The lowest BCUT2D eigenvalue weighted by molar-refractivity contribution is 0.301. The van der Waals surface area contributed by atoms with E-state index in [2.05, 4.69) is 47.1 Å². The third-order valence-corrected chi connectivity index (χ3v) is 3.22. The molecule has 0 aliphatic heterocycles. The number of hydrogen-bond donors (Lipinski definition) is 1. The second-order valence-corrected chi connectivity index (χ2v) is 4.61. The summed E-state index contributed by atoms with van der Waals surface area (Å²) in [5.41, 5.74) is 0.370. The first-order chi connectivity index (χ1) is 3.81. The third-order valence-electron chi connectivity index (χ3n) is 2.43. The van der Waals surface area contributed by atoms with Crippen LogP contribution in [0.25, 0.3) is 0 Å². The van der Waals surface area contributed by atoms with Gasteiger partial charge in [-0.1, -0.05) is 34.6 Å². The molecule has 0 saturated heterocycles. The summed E-state index contributed by atoms with van der Waals surface area (Å²) in [6.07, 6.45) is 0. The Morgan fingerprint density at radius 1 is 1.00 bits per heavy atom. The van der Waals surface area contributed by atoms with E-state index in [4.69, 9.17) is 0 Å². The predicted octanol–water partition coefficient (Wildman–Crippen LogP) is 2.51. The summed E-state index contributed by atoms with van der Waals surface area (Å²) in [7, 11) is 0. The van der Waals surface area contributed by atoms with Crippen LogP contribution < -0.4 is 0 Å². The van der Waals surface area contributed by atoms with Crippen LogP contribution in [0.2, 0.25) is 5.31 Å². The summed E-state index contributed by atoms with van der Waals surface area (Å²) in [6, 6.07) is 0. The maximum atomic E-state index is 4.29. The Bertz CT molecular complexity index is 91.6. The van der Waals surface area contributed by atoms with Crippen molar-refractivity contribution in [3.63, 3.8) is 0 Å². The predicted molar refractivity (Wildman–Crippen MR) is 49.6 cm³/mol. The van der Waals surface area contributed by atoms with Crippen molar-refractivity contribution in [1.82, 2.24) is 0 Å². The van der Waals surface area contributed by atoms with Crippen LogP contribution in [0.15, 0.2) is 0 Å². The van der Waals surface area contributed by atoms with Gasteiger partial charge < -0.3 is 0 Å². The molecule has 0 rings (SSSR count). The van der Waals surface area contributed by atoms with Crippen molar-refractivity contribution in [2.75, 3.05) is 0 Å². The largest absolute Gasteiger partial charge is 0.231 e. The van der Waals surface area contributed by atoms with Gasteiger partial charge in [-0.25, -0.2) is 12.5 Å². The minimum Gasteiger partial charge on any atom is -0.231 e.